The molecule has 1 aliphatic rings. The van der Waals surface area contributed by atoms with Crippen molar-refractivity contribution in [3.05, 3.63) is 46.5 Å². The molecule has 3 rings (SSSR count). The van der Waals surface area contributed by atoms with E-state index < -0.39 is 0 Å². The summed E-state index contributed by atoms with van der Waals surface area (Å²) in [5, 5.41) is 3.21. The van der Waals surface area contributed by atoms with Crippen LogP contribution in [0.1, 0.15) is 24.2 Å². The van der Waals surface area contributed by atoms with Gasteiger partial charge in [-0.2, -0.15) is 0 Å². The molecule has 0 radical (unpaired) electrons. The third-order valence-electron chi connectivity index (χ3n) is 3.44. The minimum atomic E-state index is 0.587. The molecule has 1 N–H and O–H groups in total. The van der Waals surface area contributed by atoms with Crippen LogP contribution in [0.3, 0.4) is 0 Å². The predicted octanol–water partition coefficient (Wildman–Crippen LogP) is 3.33. The van der Waals surface area contributed by atoms with Crippen LogP contribution in [0.4, 0.5) is 5.82 Å². The van der Waals surface area contributed by atoms with Gasteiger partial charge >= 0.3 is 0 Å². The molecule has 0 atom stereocenters. The third kappa shape index (κ3) is 3.04. The van der Waals surface area contributed by atoms with Crippen molar-refractivity contribution in [3.8, 4) is 0 Å². The van der Waals surface area contributed by atoms with Crippen molar-refractivity contribution in [1.29, 1.82) is 0 Å². The molecule has 0 unspecified atom stereocenters. The van der Waals surface area contributed by atoms with E-state index in [1.807, 2.05) is 25.4 Å². The van der Waals surface area contributed by atoms with Crippen LogP contribution in [0.25, 0.3) is 0 Å². The van der Waals surface area contributed by atoms with Crippen molar-refractivity contribution in [2.45, 2.75) is 32.0 Å². The summed E-state index contributed by atoms with van der Waals surface area (Å²) in [5.74, 6) is 2.04. The lowest BCUT2D eigenvalue weighted by atomic mass is 10.2. The van der Waals surface area contributed by atoms with Gasteiger partial charge in [0, 0.05) is 28.8 Å². The highest BCUT2D eigenvalue weighted by atomic mass is 79.9. The number of pyridine rings is 1. The Morgan fingerprint density at radius 2 is 2.35 bits per heavy atom. The number of rotatable bonds is 6. The average Bonchev–Trinajstić information content (AvgIpc) is 3.15. The molecule has 106 valence electrons. The van der Waals surface area contributed by atoms with Gasteiger partial charge in [0.25, 0.3) is 0 Å². The summed E-state index contributed by atoms with van der Waals surface area (Å²) in [6.45, 7) is 1.59. The van der Waals surface area contributed by atoms with Crippen molar-refractivity contribution in [1.82, 2.24) is 10.3 Å². The Balaban J connectivity index is 1.90. The van der Waals surface area contributed by atoms with Crippen LogP contribution in [0.2, 0.25) is 0 Å². The first-order valence-electron chi connectivity index (χ1n) is 6.86. The molecule has 1 aliphatic carbocycles. The first kappa shape index (κ1) is 13.6. The first-order valence-corrected chi connectivity index (χ1v) is 7.65. The zero-order valence-corrected chi connectivity index (χ0v) is 13.1. The fourth-order valence-corrected chi connectivity index (χ4v) is 2.77. The molecule has 0 aliphatic heterocycles. The van der Waals surface area contributed by atoms with E-state index in [4.69, 9.17) is 4.42 Å². The first-order chi connectivity index (χ1) is 9.78. The fraction of sp³-hybridized carbons (Fsp3) is 0.400. The summed E-state index contributed by atoms with van der Waals surface area (Å²) in [4.78, 5) is 7.00. The lowest BCUT2D eigenvalue weighted by molar-refractivity contribution is 0.499. The van der Waals surface area contributed by atoms with Crippen LogP contribution in [0.5, 0.6) is 0 Å². The smallest absolute Gasteiger partial charge is 0.133 e. The molecule has 4 nitrogen and oxygen atoms in total. The van der Waals surface area contributed by atoms with Gasteiger partial charge in [-0.1, -0.05) is 0 Å². The van der Waals surface area contributed by atoms with E-state index in [1.165, 1.54) is 18.4 Å². The second kappa shape index (κ2) is 5.97. The normalized spacial score (nSPS) is 14.5. The molecular formula is C15H18BrN3O. The van der Waals surface area contributed by atoms with E-state index in [2.05, 4.69) is 37.2 Å². The van der Waals surface area contributed by atoms with Crippen molar-refractivity contribution < 1.29 is 4.42 Å². The molecule has 0 spiro atoms. The monoisotopic (exact) mass is 335 g/mol. The molecule has 1 fully saturated rings. The predicted molar refractivity (Wildman–Crippen MR) is 82.6 cm³/mol. The second-order valence-electron chi connectivity index (χ2n) is 5.11. The van der Waals surface area contributed by atoms with E-state index in [-0.39, 0.29) is 0 Å². The topological polar surface area (TPSA) is 41.3 Å². The molecule has 0 bridgehead atoms. The summed E-state index contributed by atoms with van der Waals surface area (Å²) in [6, 6.07) is 6.68. The van der Waals surface area contributed by atoms with E-state index in [0.717, 1.165) is 29.1 Å². The van der Waals surface area contributed by atoms with Gasteiger partial charge in [-0.15, -0.1) is 0 Å². The Morgan fingerprint density at radius 3 is 3.00 bits per heavy atom. The lowest BCUT2D eigenvalue weighted by Crippen LogP contribution is -2.27. The summed E-state index contributed by atoms with van der Waals surface area (Å²) in [7, 11) is 1.96. The highest BCUT2D eigenvalue weighted by Gasteiger charge is 2.31. The van der Waals surface area contributed by atoms with Gasteiger partial charge in [-0.25, -0.2) is 4.98 Å². The summed E-state index contributed by atoms with van der Waals surface area (Å²) >= 11 is 3.50. The molecular weight excluding hydrogens is 318 g/mol. The molecule has 5 heteroatoms. The number of furan rings is 1. The lowest BCUT2D eigenvalue weighted by Gasteiger charge is -2.25. The van der Waals surface area contributed by atoms with E-state index in [1.54, 1.807) is 6.26 Å². The van der Waals surface area contributed by atoms with Crippen LogP contribution in [-0.2, 0) is 13.1 Å². The maximum absolute atomic E-state index is 5.49. The highest BCUT2D eigenvalue weighted by Crippen LogP contribution is 2.34. The Bertz CT molecular complexity index is 567. The SMILES string of the molecule is CNCc1cc(Br)cnc1N(Cc1ccco1)C1CC1. The number of hydrogen-bond acceptors (Lipinski definition) is 4. The van der Waals surface area contributed by atoms with Gasteiger partial charge in [-0.05, 0) is 54.0 Å². The molecule has 0 amide bonds. The summed E-state index contributed by atoms with van der Waals surface area (Å²) < 4.78 is 6.51. The van der Waals surface area contributed by atoms with Crippen LogP contribution >= 0.6 is 15.9 Å². The quantitative estimate of drug-likeness (QED) is 0.879. The average molecular weight is 336 g/mol. The van der Waals surface area contributed by atoms with Crippen LogP contribution < -0.4 is 10.2 Å². The second-order valence-corrected chi connectivity index (χ2v) is 6.02. The number of hydrogen-bond donors (Lipinski definition) is 1. The van der Waals surface area contributed by atoms with E-state index in [0.29, 0.717) is 6.04 Å². The maximum Gasteiger partial charge on any atom is 0.133 e. The van der Waals surface area contributed by atoms with Gasteiger partial charge in [-0.3, -0.25) is 0 Å². The van der Waals surface area contributed by atoms with Crippen LogP contribution in [-0.4, -0.2) is 18.1 Å². The Morgan fingerprint density at radius 1 is 1.50 bits per heavy atom. The zero-order chi connectivity index (χ0) is 13.9. The maximum atomic E-state index is 5.49. The highest BCUT2D eigenvalue weighted by molar-refractivity contribution is 9.10. The Hall–Kier alpha value is -1.33. The number of halogens is 1. The third-order valence-corrected chi connectivity index (χ3v) is 3.88. The van der Waals surface area contributed by atoms with E-state index >= 15 is 0 Å². The molecule has 0 saturated heterocycles. The van der Waals surface area contributed by atoms with Gasteiger partial charge in [0.15, 0.2) is 0 Å². The van der Waals surface area contributed by atoms with Crippen LogP contribution in [0, 0.1) is 0 Å². The minimum absolute atomic E-state index is 0.587. The van der Waals surface area contributed by atoms with Crippen molar-refractivity contribution in [3.63, 3.8) is 0 Å². The van der Waals surface area contributed by atoms with Gasteiger partial charge < -0.3 is 14.6 Å². The van der Waals surface area contributed by atoms with Crippen LogP contribution in [0.15, 0.2) is 39.5 Å². The molecule has 2 aromatic rings. The summed E-state index contributed by atoms with van der Waals surface area (Å²) in [5.41, 5.74) is 1.21. The number of aromatic nitrogens is 1. The zero-order valence-electron chi connectivity index (χ0n) is 11.5. The van der Waals surface area contributed by atoms with Crippen molar-refractivity contribution >= 4 is 21.7 Å². The molecule has 2 aromatic heterocycles. The molecule has 0 aromatic carbocycles. The summed E-state index contributed by atoms with van der Waals surface area (Å²) in [6.07, 6.45) is 6.06. The molecule has 2 heterocycles. The van der Waals surface area contributed by atoms with Gasteiger partial charge in [0.2, 0.25) is 0 Å². The minimum Gasteiger partial charge on any atom is -0.467 e. The Labute approximate surface area is 127 Å². The molecule has 20 heavy (non-hydrogen) atoms. The Kier molecular flexibility index (Phi) is 4.08. The fourth-order valence-electron chi connectivity index (χ4n) is 2.39. The number of anilines is 1. The molecule has 1 saturated carbocycles. The van der Waals surface area contributed by atoms with Crippen molar-refractivity contribution in [2.75, 3.05) is 11.9 Å². The van der Waals surface area contributed by atoms with Gasteiger partial charge in [0.05, 0.1) is 12.8 Å². The standard InChI is InChI=1S/C15H18BrN3O/c1-17-8-11-7-12(16)9-18-15(11)19(13-4-5-13)10-14-3-2-6-20-14/h2-3,6-7,9,13,17H,4-5,8,10H2,1H3. The largest absolute Gasteiger partial charge is 0.467 e. The number of nitrogens with one attached hydrogen (secondary N) is 1. The van der Waals surface area contributed by atoms with Crippen molar-refractivity contribution in [2.24, 2.45) is 0 Å². The van der Waals surface area contributed by atoms with E-state index in [9.17, 15) is 0 Å². The van der Waals surface area contributed by atoms with Gasteiger partial charge in [0.1, 0.15) is 11.6 Å². The number of nitrogens with zero attached hydrogens (tertiary/aromatic N) is 2.